The Morgan fingerprint density at radius 1 is 1.23 bits per heavy atom. The van der Waals surface area contributed by atoms with Crippen molar-refractivity contribution in [1.82, 2.24) is 10.3 Å². The van der Waals surface area contributed by atoms with Gasteiger partial charge in [-0.2, -0.15) is 0 Å². The van der Waals surface area contributed by atoms with E-state index >= 15 is 0 Å². The Kier molecular flexibility index (Phi) is 8.09. The summed E-state index contributed by atoms with van der Waals surface area (Å²) in [7, 11) is 1.60. The first-order valence-corrected chi connectivity index (χ1v) is 10.2. The maximum absolute atomic E-state index is 12.2. The number of anilines is 1. The highest BCUT2D eigenvalue weighted by molar-refractivity contribution is 5.91. The number of rotatable bonds is 9. The van der Waals surface area contributed by atoms with Crippen molar-refractivity contribution in [3.63, 3.8) is 0 Å². The molecule has 1 aliphatic heterocycles. The monoisotopic (exact) mass is 411 g/mol. The van der Waals surface area contributed by atoms with Crippen molar-refractivity contribution in [2.45, 2.75) is 19.9 Å². The first-order valence-electron chi connectivity index (χ1n) is 10.2. The predicted octanol–water partition coefficient (Wildman–Crippen LogP) is 3.05. The lowest BCUT2D eigenvalue weighted by Crippen LogP contribution is -2.36. The van der Waals surface area contributed by atoms with Crippen LogP contribution in [-0.2, 0) is 16.1 Å². The van der Waals surface area contributed by atoms with E-state index in [1.165, 1.54) is 6.08 Å². The van der Waals surface area contributed by atoms with Crippen molar-refractivity contribution in [1.29, 1.82) is 0 Å². The van der Waals surface area contributed by atoms with Gasteiger partial charge in [0.25, 0.3) is 0 Å². The van der Waals surface area contributed by atoms with Gasteiger partial charge in [0.05, 0.1) is 26.9 Å². The van der Waals surface area contributed by atoms with Crippen LogP contribution in [0.1, 0.15) is 24.5 Å². The summed E-state index contributed by atoms with van der Waals surface area (Å²) in [6, 6.07) is 9.57. The molecular weight excluding hydrogens is 382 g/mol. The standard InChI is InChI=1S/C23H29N3O4/c1-3-12-30-20-7-4-18(15-21(20)28-2)6-9-23(27)25-17-19-5-8-22(24-16-19)26-10-13-29-14-11-26/h4-9,15-16H,3,10-14,17H2,1-2H3,(H,25,27)/b9-6+. The average molecular weight is 412 g/mol. The molecule has 0 saturated carbocycles. The van der Waals surface area contributed by atoms with Gasteiger partial charge in [-0.25, -0.2) is 4.98 Å². The van der Waals surface area contributed by atoms with Crippen LogP contribution in [0.5, 0.6) is 11.5 Å². The molecule has 1 amide bonds. The van der Waals surface area contributed by atoms with Crippen LogP contribution in [0.2, 0.25) is 0 Å². The molecule has 7 nitrogen and oxygen atoms in total. The van der Waals surface area contributed by atoms with E-state index in [4.69, 9.17) is 14.2 Å². The van der Waals surface area contributed by atoms with Crippen LogP contribution in [0, 0.1) is 0 Å². The minimum absolute atomic E-state index is 0.169. The minimum atomic E-state index is -0.169. The molecule has 1 fully saturated rings. The molecule has 1 N–H and O–H groups in total. The summed E-state index contributed by atoms with van der Waals surface area (Å²) >= 11 is 0. The van der Waals surface area contributed by atoms with Crippen LogP contribution in [0.3, 0.4) is 0 Å². The maximum Gasteiger partial charge on any atom is 0.244 e. The summed E-state index contributed by atoms with van der Waals surface area (Å²) in [5.74, 6) is 2.12. The molecule has 0 bridgehead atoms. The second-order valence-electron chi connectivity index (χ2n) is 6.93. The van der Waals surface area contributed by atoms with Crippen molar-refractivity contribution in [2.75, 3.05) is 44.9 Å². The lowest BCUT2D eigenvalue weighted by molar-refractivity contribution is -0.116. The van der Waals surface area contributed by atoms with Crippen LogP contribution >= 0.6 is 0 Å². The SMILES string of the molecule is CCCOc1ccc(/C=C/C(=O)NCc2ccc(N3CCOCC3)nc2)cc1OC. The van der Waals surface area contributed by atoms with Crippen molar-refractivity contribution < 1.29 is 19.0 Å². The van der Waals surface area contributed by atoms with Crippen molar-refractivity contribution >= 4 is 17.8 Å². The molecule has 2 aromatic rings. The minimum Gasteiger partial charge on any atom is -0.493 e. The van der Waals surface area contributed by atoms with Crippen LogP contribution in [0.15, 0.2) is 42.6 Å². The van der Waals surface area contributed by atoms with E-state index in [2.05, 4.69) is 22.1 Å². The van der Waals surface area contributed by atoms with Crippen LogP contribution in [-0.4, -0.2) is 50.9 Å². The molecule has 0 atom stereocenters. The van der Waals surface area contributed by atoms with Crippen LogP contribution in [0.4, 0.5) is 5.82 Å². The van der Waals surface area contributed by atoms with E-state index in [-0.39, 0.29) is 5.91 Å². The van der Waals surface area contributed by atoms with E-state index in [0.29, 0.717) is 24.7 Å². The summed E-state index contributed by atoms with van der Waals surface area (Å²) in [4.78, 5) is 18.9. The van der Waals surface area contributed by atoms with Gasteiger partial charge in [-0.1, -0.05) is 19.1 Å². The Morgan fingerprint density at radius 2 is 2.07 bits per heavy atom. The highest BCUT2D eigenvalue weighted by Gasteiger charge is 2.12. The molecule has 0 spiro atoms. The normalized spacial score (nSPS) is 14.0. The van der Waals surface area contributed by atoms with Gasteiger partial charge in [-0.15, -0.1) is 0 Å². The highest BCUT2D eigenvalue weighted by atomic mass is 16.5. The summed E-state index contributed by atoms with van der Waals surface area (Å²) < 4.78 is 16.4. The summed E-state index contributed by atoms with van der Waals surface area (Å²) in [6.45, 7) is 6.27. The second kappa shape index (κ2) is 11.2. The predicted molar refractivity (Wildman–Crippen MR) is 117 cm³/mol. The summed E-state index contributed by atoms with van der Waals surface area (Å²) in [5, 5.41) is 2.88. The van der Waals surface area contributed by atoms with Gasteiger partial charge in [0, 0.05) is 31.9 Å². The Morgan fingerprint density at radius 3 is 2.77 bits per heavy atom. The molecule has 0 unspecified atom stereocenters. The second-order valence-corrected chi connectivity index (χ2v) is 6.93. The Bertz CT molecular complexity index is 846. The first-order chi connectivity index (χ1) is 14.7. The molecule has 1 aromatic carbocycles. The molecule has 1 aliphatic rings. The number of methoxy groups -OCH3 is 1. The number of ether oxygens (including phenoxy) is 3. The number of carbonyl (C=O) groups excluding carboxylic acids is 1. The smallest absolute Gasteiger partial charge is 0.244 e. The van der Waals surface area contributed by atoms with Gasteiger partial charge in [0.2, 0.25) is 5.91 Å². The number of amides is 1. The number of aromatic nitrogens is 1. The van der Waals surface area contributed by atoms with Crippen molar-refractivity contribution in [2.24, 2.45) is 0 Å². The number of morpholine rings is 1. The number of nitrogens with one attached hydrogen (secondary N) is 1. The van der Waals surface area contributed by atoms with E-state index in [1.54, 1.807) is 19.4 Å². The fraction of sp³-hybridized carbons (Fsp3) is 0.391. The third-order valence-electron chi connectivity index (χ3n) is 4.69. The number of nitrogens with zero attached hydrogens (tertiary/aromatic N) is 2. The molecule has 1 saturated heterocycles. The number of hydrogen-bond donors (Lipinski definition) is 1. The van der Waals surface area contributed by atoms with E-state index < -0.39 is 0 Å². The molecule has 2 heterocycles. The molecule has 160 valence electrons. The van der Waals surface area contributed by atoms with Gasteiger partial charge >= 0.3 is 0 Å². The number of carbonyl (C=O) groups is 1. The number of pyridine rings is 1. The van der Waals surface area contributed by atoms with E-state index in [9.17, 15) is 4.79 Å². The van der Waals surface area contributed by atoms with Gasteiger partial charge in [-0.3, -0.25) is 4.79 Å². The molecule has 30 heavy (non-hydrogen) atoms. The Balaban J connectivity index is 1.51. The van der Waals surface area contributed by atoms with Gasteiger partial charge < -0.3 is 24.4 Å². The van der Waals surface area contributed by atoms with Crippen molar-refractivity contribution in [3.8, 4) is 11.5 Å². The van der Waals surface area contributed by atoms with Gasteiger partial charge in [-0.05, 0) is 41.8 Å². The van der Waals surface area contributed by atoms with Gasteiger partial charge in [0.15, 0.2) is 11.5 Å². The third-order valence-corrected chi connectivity index (χ3v) is 4.69. The zero-order valence-electron chi connectivity index (χ0n) is 17.6. The molecule has 3 rings (SSSR count). The molecule has 7 heteroatoms. The molecule has 1 aromatic heterocycles. The number of benzene rings is 1. The first kappa shape index (κ1) is 21.6. The van der Waals surface area contributed by atoms with Crippen LogP contribution < -0.4 is 19.7 Å². The summed E-state index contributed by atoms with van der Waals surface area (Å²) in [5.41, 5.74) is 1.82. The quantitative estimate of drug-likeness (QED) is 0.640. The van der Waals surface area contributed by atoms with Gasteiger partial charge in [0.1, 0.15) is 5.82 Å². The van der Waals surface area contributed by atoms with E-state index in [0.717, 1.165) is 49.7 Å². The molecule has 0 radical (unpaired) electrons. The highest BCUT2D eigenvalue weighted by Crippen LogP contribution is 2.28. The van der Waals surface area contributed by atoms with Crippen molar-refractivity contribution in [3.05, 3.63) is 53.7 Å². The average Bonchev–Trinajstić information content (AvgIpc) is 2.81. The lowest BCUT2D eigenvalue weighted by atomic mass is 10.2. The topological polar surface area (TPSA) is 72.9 Å². The zero-order chi connectivity index (χ0) is 21.2. The summed E-state index contributed by atoms with van der Waals surface area (Å²) in [6.07, 6.45) is 5.99. The Labute approximate surface area is 177 Å². The Hall–Kier alpha value is -3.06. The molecule has 0 aliphatic carbocycles. The number of hydrogen-bond acceptors (Lipinski definition) is 6. The van der Waals surface area contributed by atoms with E-state index in [1.807, 2.05) is 30.3 Å². The van der Waals surface area contributed by atoms with Crippen LogP contribution in [0.25, 0.3) is 6.08 Å². The fourth-order valence-corrected chi connectivity index (χ4v) is 3.04. The maximum atomic E-state index is 12.2. The largest absolute Gasteiger partial charge is 0.493 e. The zero-order valence-corrected chi connectivity index (χ0v) is 17.6. The third kappa shape index (κ3) is 6.22. The lowest BCUT2D eigenvalue weighted by Gasteiger charge is -2.27. The fourth-order valence-electron chi connectivity index (χ4n) is 3.04. The molecular formula is C23H29N3O4.